The van der Waals surface area contributed by atoms with E-state index in [2.05, 4.69) is 25.9 Å². The largest absolute Gasteiger partial charge is 0.394 e. The van der Waals surface area contributed by atoms with Gasteiger partial charge in [-0.1, -0.05) is 11.8 Å². The first-order valence-corrected chi connectivity index (χ1v) is 5.39. The molecule has 0 fully saturated rings. The maximum atomic E-state index is 9.04. The van der Waals surface area contributed by atoms with Crippen LogP contribution in [0.5, 0.6) is 0 Å². The zero-order valence-electron chi connectivity index (χ0n) is 6.72. The second kappa shape index (κ2) is 5.54. The maximum Gasteiger partial charge on any atom is 0.187 e. The normalized spacial score (nSPS) is 12.8. The number of aromatic nitrogens is 2. The van der Waals surface area contributed by atoms with Crippen molar-refractivity contribution in [3.63, 3.8) is 0 Å². The van der Waals surface area contributed by atoms with E-state index in [1.807, 2.05) is 0 Å². The third-order valence-electron chi connectivity index (χ3n) is 1.21. The Kier molecular flexibility index (Phi) is 4.65. The Balaban J connectivity index is 2.41. The summed E-state index contributed by atoms with van der Waals surface area (Å²) in [6, 6.07) is 0. The fourth-order valence-electron chi connectivity index (χ4n) is 0.598. The summed E-state index contributed by atoms with van der Waals surface area (Å²) in [4.78, 5) is 7.99. The Labute approximate surface area is 88.5 Å². The summed E-state index contributed by atoms with van der Waals surface area (Å²) in [6.45, 7) is -0.233. The van der Waals surface area contributed by atoms with Crippen molar-refractivity contribution in [1.29, 1.82) is 0 Å². The minimum absolute atomic E-state index is 0.233. The minimum Gasteiger partial charge on any atom is -0.394 e. The zero-order valence-corrected chi connectivity index (χ0v) is 9.12. The first kappa shape index (κ1) is 10.9. The third kappa shape index (κ3) is 4.04. The Morgan fingerprint density at radius 2 is 2.08 bits per heavy atom. The molecule has 0 aliphatic heterocycles. The summed E-state index contributed by atoms with van der Waals surface area (Å²) < 4.78 is 0.819. The van der Waals surface area contributed by atoms with Crippen LogP contribution in [0.2, 0.25) is 0 Å². The van der Waals surface area contributed by atoms with Gasteiger partial charge >= 0.3 is 0 Å². The third-order valence-corrected chi connectivity index (χ3v) is 2.64. The van der Waals surface area contributed by atoms with Gasteiger partial charge in [0.05, 0.1) is 17.2 Å². The highest BCUT2D eigenvalue weighted by atomic mass is 79.9. The maximum absolute atomic E-state index is 9.04. The molecule has 2 N–H and O–H groups in total. The van der Waals surface area contributed by atoms with E-state index in [-0.39, 0.29) is 6.61 Å². The molecular weight excluding hydrogens is 256 g/mol. The van der Waals surface area contributed by atoms with Gasteiger partial charge in [-0.25, -0.2) is 9.97 Å². The second-order valence-electron chi connectivity index (χ2n) is 2.33. The van der Waals surface area contributed by atoms with Crippen LogP contribution < -0.4 is 0 Å². The summed E-state index contributed by atoms with van der Waals surface area (Å²) in [6.07, 6.45) is 2.57. The molecule has 1 atom stereocenters. The van der Waals surface area contributed by atoms with Gasteiger partial charge in [0, 0.05) is 18.1 Å². The van der Waals surface area contributed by atoms with Crippen LogP contribution in [0, 0.1) is 0 Å². The molecule has 0 aromatic carbocycles. The van der Waals surface area contributed by atoms with Crippen LogP contribution in [0.4, 0.5) is 0 Å². The average Bonchev–Trinajstić information content (AvgIpc) is 2.16. The second-order valence-corrected chi connectivity index (χ2v) is 4.23. The number of hydrogen-bond donors (Lipinski definition) is 2. The lowest BCUT2D eigenvalue weighted by atomic mass is 10.4. The first-order chi connectivity index (χ1) is 6.22. The molecule has 0 saturated heterocycles. The molecule has 1 heterocycles. The predicted octanol–water partition coefficient (Wildman–Crippen LogP) is 0.684. The minimum atomic E-state index is -0.711. The van der Waals surface area contributed by atoms with Crippen molar-refractivity contribution in [1.82, 2.24) is 9.97 Å². The monoisotopic (exact) mass is 264 g/mol. The summed E-state index contributed by atoms with van der Waals surface area (Å²) in [5.41, 5.74) is 0. The Morgan fingerprint density at radius 1 is 1.46 bits per heavy atom. The van der Waals surface area contributed by atoms with Crippen molar-refractivity contribution in [2.45, 2.75) is 11.3 Å². The molecule has 13 heavy (non-hydrogen) atoms. The number of thioether (sulfide) groups is 1. The fourth-order valence-corrected chi connectivity index (χ4v) is 1.50. The number of rotatable bonds is 4. The van der Waals surface area contributed by atoms with E-state index in [0.29, 0.717) is 10.9 Å². The Morgan fingerprint density at radius 3 is 2.62 bits per heavy atom. The van der Waals surface area contributed by atoms with Crippen LogP contribution in [0.1, 0.15) is 0 Å². The molecule has 0 amide bonds. The molecule has 1 aromatic rings. The molecule has 6 heteroatoms. The number of aliphatic hydroxyl groups excluding tert-OH is 2. The van der Waals surface area contributed by atoms with Crippen LogP contribution in [0.25, 0.3) is 0 Å². The van der Waals surface area contributed by atoms with Gasteiger partial charge < -0.3 is 10.2 Å². The van der Waals surface area contributed by atoms with E-state index in [4.69, 9.17) is 10.2 Å². The molecule has 0 radical (unpaired) electrons. The van der Waals surface area contributed by atoms with E-state index in [1.54, 1.807) is 12.4 Å². The molecule has 0 saturated carbocycles. The van der Waals surface area contributed by atoms with Crippen molar-refractivity contribution in [3.8, 4) is 0 Å². The van der Waals surface area contributed by atoms with Crippen LogP contribution in [0.15, 0.2) is 22.0 Å². The van der Waals surface area contributed by atoms with Crippen molar-refractivity contribution in [3.05, 3.63) is 16.9 Å². The van der Waals surface area contributed by atoms with Crippen molar-refractivity contribution in [2.24, 2.45) is 0 Å². The molecule has 1 rings (SSSR count). The van der Waals surface area contributed by atoms with Gasteiger partial charge in [-0.15, -0.1) is 0 Å². The first-order valence-electron chi connectivity index (χ1n) is 3.61. The van der Waals surface area contributed by atoms with E-state index < -0.39 is 6.10 Å². The lowest BCUT2D eigenvalue weighted by molar-refractivity contribution is 0.113. The van der Waals surface area contributed by atoms with Crippen molar-refractivity contribution < 1.29 is 10.2 Å². The van der Waals surface area contributed by atoms with Crippen LogP contribution in [-0.2, 0) is 0 Å². The Hall–Kier alpha value is -0.170. The summed E-state index contributed by atoms with van der Waals surface area (Å²) in [5.74, 6) is 0.401. The van der Waals surface area contributed by atoms with Gasteiger partial charge in [0.25, 0.3) is 0 Å². The van der Waals surface area contributed by atoms with Crippen LogP contribution in [0.3, 0.4) is 0 Å². The fraction of sp³-hybridized carbons (Fsp3) is 0.429. The molecule has 0 bridgehead atoms. The standard InChI is InChI=1S/C7H9BrN2O2S/c8-5-1-9-7(10-2-5)13-4-6(12)3-11/h1-2,6,11-12H,3-4H2/t6-/m0/s1. The average molecular weight is 265 g/mol. The number of aliphatic hydroxyl groups is 2. The van der Waals surface area contributed by atoms with Gasteiger partial charge in [0.2, 0.25) is 0 Å². The quantitative estimate of drug-likeness (QED) is 0.619. The molecule has 0 spiro atoms. The topological polar surface area (TPSA) is 66.2 Å². The van der Waals surface area contributed by atoms with Gasteiger partial charge in [0.1, 0.15) is 0 Å². The number of halogens is 1. The van der Waals surface area contributed by atoms with Crippen molar-refractivity contribution in [2.75, 3.05) is 12.4 Å². The molecule has 72 valence electrons. The van der Waals surface area contributed by atoms with E-state index in [1.165, 1.54) is 11.8 Å². The van der Waals surface area contributed by atoms with E-state index in [9.17, 15) is 0 Å². The molecule has 0 aliphatic carbocycles. The molecular formula is C7H9BrN2O2S. The molecule has 1 aromatic heterocycles. The molecule has 0 aliphatic rings. The lowest BCUT2D eigenvalue weighted by Crippen LogP contribution is -2.14. The highest BCUT2D eigenvalue weighted by Gasteiger charge is 2.04. The lowest BCUT2D eigenvalue weighted by Gasteiger charge is -2.04. The number of nitrogens with zero attached hydrogens (tertiary/aromatic N) is 2. The zero-order chi connectivity index (χ0) is 9.68. The van der Waals surface area contributed by atoms with Gasteiger partial charge in [-0.05, 0) is 15.9 Å². The Bertz CT molecular complexity index is 257. The van der Waals surface area contributed by atoms with E-state index >= 15 is 0 Å². The summed E-state index contributed by atoms with van der Waals surface area (Å²) in [5, 5.41) is 18.2. The van der Waals surface area contributed by atoms with Crippen LogP contribution in [-0.4, -0.2) is 38.6 Å². The smallest absolute Gasteiger partial charge is 0.187 e. The van der Waals surface area contributed by atoms with E-state index in [0.717, 1.165) is 4.47 Å². The van der Waals surface area contributed by atoms with Crippen LogP contribution >= 0.6 is 27.7 Å². The molecule has 0 unspecified atom stereocenters. The summed E-state index contributed by atoms with van der Waals surface area (Å²) in [7, 11) is 0. The highest BCUT2D eigenvalue weighted by Crippen LogP contribution is 2.14. The van der Waals surface area contributed by atoms with Gasteiger partial charge in [-0.3, -0.25) is 0 Å². The SMILES string of the molecule is OC[C@H](O)CSc1ncc(Br)cn1. The predicted molar refractivity (Wildman–Crippen MR) is 53.5 cm³/mol. The van der Waals surface area contributed by atoms with Gasteiger partial charge in [0.15, 0.2) is 5.16 Å². The number of hydrogen-bond acceptors (Lipinski definition) is 5. The molecule has 4 nitrogen and oxygen atoms in total. The van der Waals surface area contributed by atoms with Gasteiger partial charge in [-0.2, -0.15) is 0 Å². The summed E-state index contributed by atoms with van der Waals surface area (Å²) >= 11 is 4.52. The van der Waals surface area contributed by atoms with Crippen molar-refractivity contribution >= 4 is 27.7 Å². The highest BCUT2D eigenvalue weighted by molar-refractivity contribution is 9.10.